The minimum absolute atomic E-state index is 0.368. The van der Waals surface area contributed by atoms with Gasteiger partial charge < -0.3 is 15.0 Å². The summed E-state index contributed by atoms with van der Waals surface area (Å²) in [6.07, 6.45) is 4.28. The maximum absolute atomic E-state index is 5.84. The lowest BCUT2D eigenvalue weighted by Crippen LogP contribution is -2.50. The SMILES string of the molecule is CN1CCOC(CNC2CC(C)(C)CC(C)(C)C2)C1. The molecule has 1 aliphatic carbocycles. The smallest absolute Gasteiger partial charge is 0.0826 e. The number of nitrogens with one attached hydrogen (secondary N) is 1. The van der Waals surface area contributed by atoms with Crippen molar-refractivity contribution in [2.75, 3.05) is 33.3 Å². The number of hydrogen-bond donors (Lipinski definition) is 1. The monoisotopic (exact) mass is 268 g/mol. The van der Waals surface area contributed by atoms with Crippen LogP contribution in [0.15, 0.2) is 0 Å². The molecule has 2 aliphatic rings. The summed E-state index contributed by atoms with van der Waals surface area (Å²) in [5, 5.41) is 3.77. The van der Waals surface area contributed by atoms with E-state index >= 15 is 0 Å². The Morgan fingerprint density at radius 3 is 2.37 bits per heavy atom. The summed E-state index contributed by atoms with van der Waals surface area (Å²) in [7, 11) is 2.18. The Bertz CT molecular complexity index is 285. The molecule has 1 saturated carbocycles. The van der Waals surface area contributed by atoms with Gasteiger partial charge in [-0.15, -0.1) is 0 Å². The molecule has 0 aromatic rings. The van der Waals surface area contributed by atoms with Gasteiger partial charge in [0.25, 0.3) is 0 Å². The molecule has 19 heavy (non-hydrogen) atoms. The molecule has 0 aromatic carbocycles. The van der Waals surface area contributed by atoms with Gasteiger partial charge in [0, 0.05) is 25.7 Å². The molecular weight excluding hydrogens is 236 g/mol. The zero-order chi connectivity index (χ0) is 14.1. The maximum Gasteiger partial charge on any atom is 0.0826 e. The lowest BCUT2D eigenvalue weighted by Gasteiger charge is -2.45. The van der Waals surface area contributed by atoms with Crippen molar-refractivity contribution < 1.29 is 4.74 Å². The molecule has 1 heterocycles. The Morgan fingerprint density at radius 1 is 1.16 bits per heavy atom. The van der Waals surface area contributed by atoms with Crippen molar-refractivity contribution in [3.05, 3.63) is 0 Å². The number of likely N-dealkylation sites (N-methyl/N-ethyl adjacent to an activating group) is 1. The lowest BCUT2D eigenvalue weighted by atomic mass is 9.63. The fourth-order valence-electron chi connectivity index (χ4n) is 4.28. The average Bonchev–Trinajstić information content (AvgIpc) is 2.22. The molecule has 0 aromatic heterocycles. The molecule has 2 rings (SSSR count). The fourth-order valence-corrected chi connectivity index (χ4v) is 4.28. The van der Waals surface area contributed by atoms with Crippen LogP contribution in [0.25, 0.3) is 0 Å². The summed E-state index contributed by atoms with van der Waals surface area (Å²) in [5.74, 6) is 0. The van der Waals surface area contributed by atoms with Gasteiger partial charge in [-0.2, -0.15) is 0 Å². The highest BCUT2D eigenvalue weighted by Gasteiger charge is 2.38. The zero-order valence-corrected chi connectivity index (χ0v) is 13.5. The van der Waals surface area contributed by atoms with E-state index in [0.29, 0.717) is 23.0 Å². The zero-order valence-electron chi connectivity index (χ0n) is 13.5. The van der Waals surface area contributed by atoms with Crippen molar-refractivity contribution in [2.24, 2.45) is 10.8 Å². The number of hydrogen-bond acceptors (Lipinski definition) is 3. The van der Waals surface area contributed by atoms with Crippen LogP contribution in [-0.4, -0.2) is 50.3 Å². The van der Waals surface area contributed by atoms with Crippen molar-refractivity contribution >= 4 is 0 Å². The second-order valence-electron chi connectivity index (χ2n) is 8.27. The van der Waals surface area contributed by atoms with E-state index in [-0.39, 0.29) is 0 Å². The van der Waals surface area contributed by atoms with Crippen LogP contribution in [0.1, 0.15) is 47.0 Å². The molecule has 1 aliphatic heterocycles. The molecule has 2 fully saturated rings. The quantitative estimate of drug-likeness (QED) is 0.851. The van der Waals surface area contributed by atoms with Crippen LogP contribution in [-0.2, 0) is 4.74 Å². The predicted molar refractivity (Wildman–Crippen MR) is 80.4 cm³/mol. The van der Waals surface area contributed by atoms with Crippen molar-refractivity contribution in [3.63, 3.8) is 0 Å². The molecule has 0 amide bonds. The van der Waals surface area contributed by atoms with Crippen molar-refractivity contribution in [2.45, 2.75) is 59.1 Å². The molecule has 0 spiro atoms. The molecule has 3 heteroatoms. The van der Waals surface area contributed by atoms with Crippen molar-refractivity contribution in [3.8, 4) is 0 Å². The van der Waals surface area contributed by atoms with Crippen LogP contribution >= 0.6 is 0 Å². The molecule has 1 saturated heterocycles. The van der Waals surface area contributed by atoms with Crippen LogP contribution in [0.5, 0.6) is 0 Å². The first kappa shape index (κ1) is 15.3. The predicted octanol–water partition coefficient (Wildman–Crippen LogP) is 2.51. The third-order valence-electron chi connectivity index (χ3n) is 4.53. The Hall–Kier alpha value is -0.120. The third-order valence-corrected chi connectivity index (χ3v) is 4.53. The van der Waals surface area contributed by atoms with E-state index < -0.39 is 0 Å². The van der Waals surface area contributed by atoms with E-state index in [9.17, 15) is 0 Å². The lowest BCUT2D eigenvalue weighted by molar-refractivity contribution is -0.0226. The van der Waals surface area contributed by atoms with Crippen molar-refractivity contribution in [1.29, 1.82) is 0 Å². The fraction of sp³-hybridized carbons (Fsp3) is 1.00. The second kappa shape index (κ2) is 5.71. The largest absolute Gasteiger partial charge is 0.374 e. The summed E-state index contributed by atoms with van der Waals surface area (Å²) in [5.41, 5.74) is 0.924. The van der Waals surface area contributed by atoms with E-state index in [1.165, 1.54) is 19.3 Å². The first-order valence-corrected chi connectivity index (χ1v) is 7.79. The number of nitrogens with zero attached hydrogens (tertiary/aromatic N) is 1. The van der Waals surface area contributed by atoms with Gasteiger partial charge in [0.05, 0.1) is 12.7 Å². The number of ether oxygens (including phenoxy) is 1. The summed E-state index contributed by atoms with van der Waals surface area (Å²) >= 11 is 0. The Balaban J connectivity index is 1.82. The van der Waals surface area contributed by atoms with E-state index in [1.54, 1.807) is 0 Å². The third kappa shape index (κ3) is 4.73. The van der Waals surface area contributed by atoms with Gasteiger partial charge in [0.1, 0.15) is 0 Å². The summed E-state index contributed by atoms with van der Waals surface area (Å²) in [4.78, 5) is 2.37. The Kier molecular flexibility index (Phi) is 4.59. The van der Waals surface area contributed by atoms with E-state index in [4.69, 9.17) is 4.74 Å². The van der Waals surface area contributed by atoms with E-state index in [1.807, 2.05) is 0 Å². The summed E-state index contributed by atoms with van der Waals surface area (Å²) in [6, 6.07) is 0.648. The van der Waals surface area contributed by atoms with Gasteiger partial charge in [0.2, 0.25) is 0 Å². The summed E-state index contributed by atoms with van der Waals surface area (Å²) in [6.45, 7) is 13.7. The van der Waals surface area contributed by atoms with E-state index in [2.05, 4.69) is 45.0 Å². The standard InChI is InChI=1S/C16H32N2O/c1-15(2)8-13(9-16(3,4)12-15)17-10-14-11-18(5)6-7-19-14/h13-14,17H,6-12H2,1-5H3. The van der Waals surface area contributed by atoms with Gasteiger partial charge in [-0.05, 0) is 37.1 Å². The number of morpholine rings is 1. The number of rotatable bonds is 3. The van der Waals surface area contributed by atoms with Crippen LogP contribution in [0.4, 0.5) is 0 Å². The van der Waals surface area contributed by atoms with Gasteiger partial charge in [-0.1, -0.05) is 27.7 Å². The highest BCUT2D eigenvalue weighted by Crippen LogP contribution is 2.45. The molecular formula is C16H32N2O. The molecule has 0 radical (unpaired) electrons. The molecule has 112 valence electrons. The topological polar surface area (TPSA) is 24.5 Å². The van der Waals surface area contributed by atoms with Gasteiger partial charge in [-0.3, -0.25) is 0 Å². The first-order valence-electron chi connectivity index (χ1n) is 7.79. The summed E-state index contributed by atoms with van der Waals surface area (Å²) < 4.78 is 5.84. The average molecular weight is 268 g/mol. The maximum atomic E-state index is 5.84. The minimum atomic E-state index is 0.368. The molecule has 1 atom stereocenters. The normalized spacial score (nSPS) is 32.4. The molecule has 0 bridgehead atoms. The Labute approximate surface area is 119 Å². The van der Waals surface area contributed by atoms with Crippen LogP contribution in [0.3, 0.4) is 0 Å². The van der Waals surface area contributed by atoms with Crippen LogP contribution in [0, 0.1) is 10.8 Å². The van der Waals surface area contributed by atoms with Crippen LogP contribution < -0.4 is 5.32 Å². The molecule has 1 N–H and O–H groups in total. The highest BCUT2D eigenvalue weighted by atomic mass is 16.5. The minimum Gasteiger partial charge on any atom is -0.374 e. The molecule has 3 nitrogen and oxygen atoms in total. The van der Waals surface area contributed by atoms with Gasteiger partial charge >= 0.3 is 0 Å². The van der Waals surface area contributed by atoms with E-state index in [0.717, 1.165) is 26.2 Å². The second-order valence-corrected chi connectivity index (χ2v) is 8.27. The van der Waals surface area contributed by atoms with Gasteiger partial charge in [-0.25, -0.2) is 0 Å². The van der Waals surface area contributed by atoms with Crippen molar-refractivity contribution in [1.82, 2.24) is 10.2 Å². The highest BCUT2D eigenvalue weighted by molar-refractivity contribution is 4.92. The first-order chi connectivity index (χ1) is 8.76. The molecule has 1 unspecified atom stereocenters. The van der Waals surface area contributed by atoms with Crippen LogP contribution in [0.2, 0.25) is 0 Å². The Morgan fingerprint density at radius 2 is 1.79 bits per heavy atom. The van der Waals surface area contributed by atoms with Gasteiger partial charge in [0.15, 0.2) is 0 Å².